The number of aromatic nitrogens is 1. The molecule has 1 aromatic carbocycles. The molecule has 2 N–H and O–H groups in total. The van der Waals surface area contributed by atoms with E-state index in [4.69, 9.17) is 11.6 Å². The molecule has 2 heterocycles. The lowest BCUT2D eigenvalue weighted by molar-refractivity contribution is -0.129. The summed E-state index contributed by atoms with van der Waals surface area (Å²) in [5.41, 5.74) is 0.918. The van der Waals surface area contributed by atoms with E-state index >= 15 is 0 Å². The van der Waals surface area contributed by atoms with Crippen molar-refractivity contribution in [2.75, 3.05) is 20.1 Å². The van der Waals surface area contributed by atoms with E-state index in [1.54, 1.807) is 18.4 Å². The van der Waals surface area contributed by atoms with Crippen LogP contribution in [0.3, 0.4) is 0 Å². The van der Waals surface area contributed by atoms with Gasteiger partial charge >= 0.3 is 0 Å². The third-order valence-electron chi connectivity index (χ3n) is 4.21. The Morgan fingerprint density at radius 2 is 2.36 bits per heavy atom. The molecule has 25 heavy (non-hydrogen) atoms. The Kier molecular flexibility index (Phi) is 5.75. The van der Waals surface area contributed by atoms with Gasteiger partial charge in [0.1, 0.15) is 5.01 Å². The van der Waals surface area contributed by atoms with Crippen LogP contribution in [0.25, 0.3) is 10.2 Å². The maximum atomic E-state index is 11.8. The van der Waals surface area contributed by atoms with Gasteiger partial charge in [0.15, 0.2) is 5.96 Å². The summed E-state index contributed by atoms with van der Waals surface area (Å²) in [5.74, 6) is 0.938. The summed E-state index contributed by atoms with van der Waals surface area (Å²) in [7, 11) is 1.75. The fourth-order valence-corrected chi connectivity index (χ4v) is 3.95. The molecular formula is C17H22ClN5OS. The smallest absolute Gasteiger partial charge is 0.222 e. The number of likely N-dealkylation sites (tertiary alicyclic amines) is 1. The van der Waals surface area contributed by atoms with E-state index in [9.17, 15) is 4.79 Å². The Morgan fingerprint density at radius 1 is 1.52 bits per heavy atom. The lowest BCUT2D eigenvalue weighted by Gasteiger charge is -2.18. The van der Waals surface area contributed by atoms with Crippen molar-refractivity contribution in [3.8, 4) is 0 Å². The summed E-state index contributed by atoms with van der Waals surface area (Å²) in [6.07, 6.45) is 1.49. The van der Waals surface area contributed by atoms with Crippen LogP contribution in [-0.4, -0.2) is 47.9 Å². The molecule has 6 nitrogen and oxygen atoms in total. The fraction of sp³-hybridized carbons (Fsp3) is 0.471. The standard InChI is InChI=1S/C17H22ClN5OS/c1-3-16(24)23-7-6-12(10-23)21-17(19-2)20-9-15-22-13-8-11(18)4-5-14(13)25-15/h4-5,8,12H,3,6-7,9-10H2,1-2H3,(H2,19,20,21). The number of guanidine groups is 1. The Morgan fingerprint density at radius 3 is 3.12 bits per heavy atom. The molecule has 1 aromatic heterocycles. The van der Waals surface area contributed by atoms with Crippen molar-refractivity contribution in [3.05, 3.63) is 28.2 Å². The number of rotatable bonds is 4. The zero-order chi connectivity index (χ0) is 17.8. The molecule has 0 saturated carbocycles. The number of thiazole rings is 1. The second-order valence-electron chi connectivity index (χ2n) is 5.97. The van der Waals surface area contributed by atoms with Crippen molar-refractivity contribution in [2.24, 2.45) is 4.99 Å². The Bertz CT molecular complexity index is 790. The van der Waals surface area contributed by atoms with Gasteiger partial charge in [-0.15, -0.1) is 11.3 Å². The number of carbonyl (C=O) groups excluding carboxylic acids is 1. The van der Waals surface area contributed by atoms with Gasteiger partial charge in [-0.05, 0) is 24.6 Å². The minimum atomic E-state index is 0.209. The molecule has 8 heteroatoms. The Hall–Kier alpha value is -1.86. The highest BCUT2D eigenvalue weighted by Crippen LogP contribution is 2.24. The Labute approximate surface area is 156 Å². The monoisotopic (exact) mass is 379 g/mol. The number of hydrogen-bond donors (Lipinski definition) is 2. The molecule has 1 fully saturated rings. The zero-order valence-electron chi connectivity index (χ0n) is 14.4. The van der Waals surface area contributed by atoms with Crippen LogP contribution in [0.15, 0.2) is 23.2 Å². The first-order chi connectivity index (χ1) is 12.1. The number of halogens is 1. The van der Waals surface area contributed by atoms with Gasteiger partial charge in [0.25, 0.3) is 0 Å². The van der Waals surface area contributed by atoms with E-state index in [2.05, 4.69) is 20.6 Å². The summed E-state index contributed by atoms with van der Waals surface area (Å²) in [4.78, 5) is 22.5. The number of fused-ring (bicyclic) bond motifs is 1. The third-order valence-corrected chi connectivity index (χ3v) is 5.48. The normalized spacial score (nSPS) is 18.0. The van der Waals surface area contributed by atoms with Crippen molar-refractivity contribution < 1.29 is 4.79 Å². The van der Waals surface area contributed by atoms with Gasteiger partial charge in [-0.2, -0.15) is 0 Å². The van der Waals surface area contributed by atoms with Crippen LogP contribution < -0.4 is 10.6 Å². The van der Waals surface area contributed by atoms with Crippen LogP contribution >= 0.6 is 22.9 Å². The van der Waals surface area contributed by atoms with Crippen molar-refractivity contribution in [1.82, 2.24) is 20.5 Å². The van der Waals surface area contributed by atoms with Gasteiger partial charge in [-0.25, -0.2) is 4.98 Å². The average molecular weight is 380 g/mol. The average Bonchev–Trinajstić information content (AvgIpc) is 3.23. The van der Waals surface area contributed by atoms with E-state index in [0.717, 1.165) is 40.7 Å². The van der Waals surface area contributed by atoms with Crippen molar-refractivity contribution in [1.29, 1.82) is 0 Å². The minimum absolute atomic E-state index is 0.209. The van der Waals surface area contributed by atoms with Crippen LogP contribution in [0.5, 0.6) is 0 Å². The largest absolute Gasteiger partial charge is 0.352 e. The third kappa shape index (κ3) is 4.41. The van der Waals surface area contributed by atoms with Crippen LogP contribution in [-0.2, 0) is 11.3 Å². The summed E-state index contributed by atoms with van der Waals surface area (Å²) >= 11 is 7.65. The van der Waals surface area contributed by atoms with Crippen LogP contribution in [0.1, 0.15) is 24.8 Å². The molecule has 1 unspecified atom stereocenters. The van der Waals surface area contributed by atoms with Crippen molar-refractivity contribution in [3.63, 3.8) is 0 Å². The maximum absolute atomic E-state index is 11.8. The quantitative estimate of drug-likeness (QED) is 0.633. The van der Waals surface area contributed by atoms with Crippen molar-refractivity contribution in [2.45, 2.75) is 32.4 Å². The highest BCUT2D eigenvalue weighted by atomic mass is 35.5. The van der Waals surface area contributed by atoms with Gasteiger partial charge in [-0.3, -0.25) is 9.79 Å². The summed E-state index contributed by atoms with van der Waals surface area (Å²) in [6, 6.07) is 5.98. The second kappa shape index (κ2) is 8.01. The van der Waals surface area contributed by atoms with E-state index in [1.807, 2.05) is 30.0 Å². The molecule has 1 atom stereocenters. The molecule has 1 aliphatic rings. The highest BCUT2D eigenvalue weighted by molar-refractivity contribution is 7.18. The molecule has 0 bridgehead atoms. The predicted molar refractivity (Wildman–Crippen MR) is 103 cm³/mol. The molecule has 1 amide bonds. The fourth-order valence-electron chi connectivity index (χ4n) is 2.90. The number of aliphatic imine (C=N–C) groups is 1. The molecular weight excluding hydrogens is 358 g/mol. The number of carbonyl (C=O) groups is 1. The second-order valence-corrected chi connectivity index (χ2v) is 7.52. The van der Waals surface area contributed by atoms with E-state index in [-0.39, 0.29) is 11.9 Å². The summed E-state index contributed by atoms with van der Waals surface area (Å²) in [5, 5.41) is 8.36. The number of nitrogens with zero attached hydrogens (tertiary/aromatic N) is 3. The minimum Gasteiger partial charge on any atom is -0.352 e. The lowest BCUT2D eigenvalue weighted by atomic mass is 10.3. The Balaban J connectivity index is 1.55. The summed E-state index contributed by atoms with van der Waals surface area (Å²) in [6.45, 7) is 4.03. The van der Waals surface area contributed by atoms with Gasteiger partial charge < -0.3 is 15.5 Å². The molecule has 0 radical (unpaired) electrons. The van der Waals surface area contributed by atoms with E-state index < -0.39 is 0 Å². The topological polar surface area (TPSA) is 69.6 Å². The number of benzene rings is 1. The van der Waals surface area contributed by atoms with Crippen LogP contribution in [0.4, 0.5) is 0 Å². The SMILES string of the molecule is CCC(=O)N1CCC(NC(=NC)NCc2nc3cc(Cl)ccc3s2)C1. The van der Waals surface area contributed by atoms with Crippen LogP contribution in [0.2, 0.25) is 5.02 Å². The number of nitrogens with one attached hydrogen (secondary N) is 2. The first-order valence-corrected chi connectivity index (χ1v) is 9.58. The molecule has 134 valence electrons. The molecule has 3 rings (SSSR count). The van der Waals surface area contributed by atoms with Gasteiger partial charge in [0, 0.05) is 37.6 Å². The van der Waals surface area contributed by atoms with E-state index in [0.29, 0.717) is 18.0 Å². The first kappa shape index (κ1) is 17.9. The highest BCUT2D eigenvalue weighted by Gasteiger charge is 2.25. The molecule has 0 aliphatic carbocycles. The zero-order valence-corrected chi connectivity index (χ0v) is 16.0. The van der Waals surface area contributed by atoms with Gasteiger partial charge in [0.05, 0.1) is 16.8 Å². The van der Waals surface area contributed by atoms with E-state index in [1.165, 1.54) is 0 Å². The lowest BCUT2D eigenvalue weighted by Crippen LogP contribution is -2.44. The van der Waals surface area contributed by atoms with Gasteiger partial charge in [0.2, 0.25) is 5.91 Å². The molecule has 1 saturated heterocycles. The maximum Gasteiger partial charge on any atom is 0.222 e. The molecule has 2 aromatic rings. The van der Waals surface area contributed by atoms with Gasteiger partial charge in [-0.1, -0.05) is 18.5 Å². The predicted octanol–water partition coefficient (Wildman–Crippen LogP) is 2.63. The van der Waals surface area contributed by atoms with Crippen LogP contribution in [0, 0.1) is 0 Å². The molecule has 1 aliphatic heterocycles. The number of hydrogen-bond acceptors (Lipinski definition) is 4. The van der Waals surface area contributed by atoms with Crippen molar-refractivity contribution >= 4 is 45.0 Å². The molecule has 0 spiro atoms. The first-order valence-electron chi connectivity index (χ1n) is 8.39. The summed E-state index contributed by atoms with van der Waals surface area (Å²) < 4.78 is 1.12. The number of amides is 1.